The number of benzene rings is 1. The van der Waals surface area contributed by atoms with Gasteiger partial charge in [0, 0.05) is 30.9 Å². The molecule has 174 valence electrons. The number of carbonyl (C=O) groups excluding carboxylic acids is 1. The number of methoxy groups -OCH3 is 1. The predicted molar refractivity (Wildman–Crippen MR) is 127 cm³/mol. The molecule has 0 saturated carbocycles. The summed E-state index contributed by atoms with van der Waals surface area (Å²) in [5.74, 6) is 1.49. The van der Waals surface area contributed by atoms with Gasteiger partial charge in [-0.25, -0.2) is 9.97 Å². The average Bonchev–Trinajstić information content (AvgIpc) is 3.63. The first-order valence-electron chi connectivity index (χ1n) is 11.1. The molecular formula is C25H26N6O3. The second-order valence-electron chi connectivity index (χ2n) is 8.40. The number of carbonyl (C=O) groups is 1. The van der Waals surface area contributed by atoms with Crippen LogP contribution in [0.4, 0.5) is 0 Å². The molecule has 1 fully saturated rings. The first-order valence-corrected chi connectivity index (χ1v) is 11.1. The van der Waals surface area contributed by atoms with Gasteiger partial charge in [0.15, 0.2) is 5.76 Å². The summed E-state index contributed by atoms with van der Waals surface area (Å²) in [4.78, 5) is 26.7. The molecule has 1 aliphatic heterocycles. The molecule has 4 aromatic rings. The van der Waals surface area contributed by atoms with Gasteiger partial charge in [-0.15, -0.1) is 0 Å². The third-order valence-electron chi connectivity index (χ3n) is 6.15. The highest BCUT2D eigenvalue weighted by atomic mass is 16.5. The molecule has 0 N–H and O–H groups in total. The zero-order valence-electron chi connectivity index (χ0n) is 19.4. The van der Waals surface area contributed by atoms with Gasteiger partial charge in [-0.1, -0.05) is 12.1 Å². The molecule has 0 spiro atoms. The zero-order chi connectivity index (χ0) is 23.7. The summed E-state index contributed by atoms with van der Waals surface area (Å²) >= 11 is 0. The van der Waals surface area contributed by atoms with Crippen LogP contribution in [0.25, 0.3) is 28.7 Å². The summed E-state index contributed by atoms with van der Waals surface area (Å²) in [5, 5.41) is 4.51. The summed E-state index contributed by atoms with van der Waals surface area (Å²) in [7, 11) is 5.70. The monoisotopic (exact) mass is 458 g/mol. The number of hydrogen-bond acceptors (Lipinski definition) is 7. The lowest BCUT2D eigenvalue weighted by atomic mass is 10.1. The molecule has 4 heterocycles. The minimum absolute atomic E-state index is 0.0807. The van der Waals surface area contributed by atoms with E-state index in [1.54, 1.807) is 42.6 Å². The van der Waals surface area contributed by atoms with Crippen molar-refractivity contribution in [1.29, 1.82) is 0 Å². The topological polar surface area (TPSA) is 89.5 Å². The number of rotatable bonds is 6. The Morgan fingerprint density at radius 3 is 2.76 bits per heavy atom. The molecule has 1 aliphatic rings. The van der Waals surface area contributed by atoms with Gasteiger partial charge in [0.1, 0.15) is 11.4 Å². The Hall–Kier alpha value is -3.98. The van der Waals surface area contributed by atoms with Crippen LogP contribution in [-0.2, 0) is 0 Å². The molecule has 5 rings (SSSR count). The Labute approximate surface area is 197 Å². The fraction of sp³-hybridized carbons (Fsp3) is 0.280. The van der Waals surface area contributed by atoms with E-state index in [-0.39, 0.29) is 5.91 Å². The molecule has 3 aromatic heterocycles. The maximum absolute atomic E-state index is 13.5. The maximum atomic E-state index is 13.5. The number of nitrogens with zero attached hydrogens (tertiary/aromatic N) is 6. The van der Waals surface area contributed by atoms with Gasteiger partial charge in [0.05, 0.1) is 30.8 Å². The van der Waals surface area contributed by atoms with Crippen LogP contribution in [0.3, 0.4) is 0 Å². The van der Waals surface area contributed by atoms with Crippen molar-refractivity contribution in [2.45, 2.75) is 12.5 Å². The third kappa shape index (κ3) is 3.94. The van der Waals surface area contributed by atoms with Gasteiger partial charge in [0.25, 0.3) is 11.9 Å². The SMILES string of the molecule is COc1ccccc1-c1ccnc(-n2ncc(C(=O)N3CCC(N(C)C)C3)c2-c2ccco2)n1. The minimum atomic E-state index is -0.0807. The lowest BCUT2D eigenvalue weighted by molar-refractivity contribution is 0.0783. The minimum Gasteiger partial charge on any atom is -0.496 e. The van der Waals surface area contributed by atoms with Crippen LogP contribution in [0.1, 0.15) is 16.8 Å². The molecule has 1 amide bonds. The van der Waals surface area contributed by atoms with Crippen molar-refractivity contribution in [2.75, 3.05) is 34.3 Å². The Kier molecular flexibility index (Phi) is 5.85. The highest BCUT2D eigenvalue weighted by Gasteiger charge is 2.32. The Morgan fingerprint density at radius 1 is 1.18 bits per heavy atom. The molecule has 0 bridgehead atoms. The van der Waals surface area contributed by atoms with Crippen LogP contribution in [0.2, 0.25) is 0 Å². The first-order chi connectivity index (χ1) is 16.6. The molecule has 1 atom stereocenters. The second-order valence-corrected chi connectivity index (χ2v) is 8.40. The number of aromatic nitrogens is 4. The Bertz CT molecular complexity index is 1300. The summed E-state index contributed by atoms with van der Waals surface area (Å²) < 4.78 is 12.7. The van der Waals surface area contributed by atoms with E-state index in [9.17, 15) is 4.79 Å². The van der Waals surface area contributed by atoms with Crippen LogP contribution in [-0.4, -0.2) is 75.8 Å². The van der Waals surface area contributed by atoms with E-state index in [0.717, 1.165) is 12.0 Å². The van der Waals surface area contributed by atoms with Gasteiger partial charge < -0.3 is 19.0 Å². The molecule has 34 heavy (non-hydrogen) atoms. The van der Waals surface area contributed by atoms with Crippen molar-refractivity contribution in [3.63, 3.8) is 0 Å². The van der Waals surface area contributed by atoms with Crippen LogP contribution < -0.4 is 4.74 Å². The van der Waals surface area contributed by atoms with E-state index in [1.165, 1.54) is 0 Å². The van der Waals surface area contributed by atoms with Crippen molar-refractivity contribution in [3.8, 4) is 34.4 Å². The number of likely N-dealkylation sites (N-methyl/N-ethyl adjacent to an activating group) is 1. The van der Waals surface area contributed by atoms with Crippen molar-refractivity contribution < 1.29 is 13.9 Å². The molecule has 0 radical (unpaired) electrons. The van der Waals surface area contributed by atoms with Crippen molar-refractivity contribution in [1.82, 2.24) is 29.5 Å². The predicted octanol–water partition coefficient (Wildman–Crippen LogP) is 3.37. The fourth-order valence-corrected chi connectivity index (χ4v) is 4.28. The average molecular weight is 459 g/mol. The summed E-state index contributed by atoms with van der Waals surface area (Å²) in [5.41, 5.74) is 2.51. The largest absolute Gasteiger partial charge is 0.496 e. The van der Waals surface area contributed by atoms with E-state index >= 15 is 0 Å². The number of hydrogen-bond donors (Lipinski definition) is 0. The van der Waals surface area contributed by atoms with Crippen molar-refractivity contribution in [3.05, 3.63) is 66.7 Å². The highest BCUT2D eigenvalue weighted by Crippen LogP contribution is 2.31. The van der Waals surface area contributed by atoms with Crippen LogP contribution in [0, 0.1) is 0 Å². The van der Waals surface area contributed by atoms with E-state index < -0.39 is 0 Å². The molecule has 9 nitrogen and oxygen atoms in total. The number of furan rings is 1. The van der Waals surface area contributed by atoms with E-state index in [2.05, 4.69) is 15.0 Å². The first kappa shape index (κ1) is 21.8. The quantitative estimate of drug-likeness (QED) is 0.438. The summed E-state index contributed by atoms with van der Waals surface area (Å²) in [6.45, 7) is 1.37. The van der Waals surface area contributed by atoms with Gasteiger partial charge in [-0.2, -0.15) is 9.78 Å². The van der Waals surface area contributed by atoms with Gasteiger partial charge in [0.2, 0.25) is 0 Å². The molecule has 1 unspecified atom stereocenters. The Balaban J connectivity index is 1.56. The molecule has 1 aromatic carbocycles. The lowest BCUT2D eigenvalue weighted by Crippen LogP contribution is -2.34. The smallest absolute Gasteiger partial charge is 0.257 e. The number of amides is 1. The van der Waals surface area contributed by atoms with Gasteiger partial charge in [-0.3, -0.25) is 4.79 Å². The number of para-hydroxylation sites is 1. The normalized spacial score (nSPS) is 15.8. The fourth-order valence-electron chi connectivity index (χ4n) is 4.28. The third-order valence-corrected chi connectivity index (χ3v) is 6.15. The highest BCUT2D eigenvalue weighted by molar-refractivity contribution is 5.99. The van der Waals surface area contributed by atoms with Gasteiger partial charge >= 0.3 is 0 Å². The zero-order valence-corrected chi connectivity index (χ0v) is 19.4. The number of ether oxygens (including phenoxy) is 1. The van der Waals surface area contributed by atoms with E-state index in [0.29, 0.717) is 53.5 Å². The van der Waals surface area contributed by atoms with E-state index in [1.807, 2.05) is 49.3 Å². The Morgan fingerprint density at radius 2 is 2.03 bits per heavy atom. The van der Waals surface area contributed by atoms with Crippen molar-refractivity contribution >= 4 is 5.91 Å². The van der Waals surface area contributed by atoms with Gasteiger partial charge in [-0.05, 0) is 50.8 Å². The van der Waals surface area contributed by atoms with Crippen LogP contribution in [0.15, 0.2) is 65.5 Å². The van der Waals surface area contributed by atoms with Crippen LogP contribution in [0.5, 0.6) is 5.75 Å². The van der Waals surface area contributed by atoms with E-state index in [4.69, 9.17) is 14.1 Å². The molecular weight excluding hydrogens is 432 g/mol. The molecule has 1 saturated heterocycles. The number of likely N-dealkylation sites (tertiary alicyclic amines) is 1. The van der Waals surface area contributed by atoms with Crippen molar-refractivity contribution in [2.24, 2.45) is 0 Å². The summed E-state index contributed by atoms with van der Waals surface area (Å²) in [6, 6.07) is 13.4. The maximum Gasteiger partial charge on any atom is 0.257 e. The summed E-state index contributed by atoms with van der Waals surface area (Å²) in [6.07, 6.45) is 5.75. The standard InChI is InChI=1S/C25H26N6O3/c1-29(2)17-11-13-30(16-17)24(32)19-15-27-31(23(19)22-9-6-14-34-22)25-26-12-10-20(28-25)18-7-4-5-8-21(18)33-3/h4-10,12,14-15,17H,11,13,16H2,1-3H3. The molecule has 9 heteroatoms. The second kappa shape index (κ2) is 9.11. The molecule has 0 aliphatic carbocycles. The van der Waals surface area contributed by atoms with Crippen LogP contribution >= 0.6 is 0 Å². The lowest BCUT2D eigenvalue weighted by Gasteiger charge is -2.20.